The van der Waals surface area contributed by atoms with Crippen LogP contribution in [0.4, 0.5) is 19.0 Å². The lowest BCUT2D eigenvalue weighted by Gasteiger charge is -2.32. The van der Waals surface area contributed by atoms with Gasteiger partial charge in [0.2, 0.25) is 5.91 Å². The first-order chi connectivity index (χ1) is 16.6. The largest absolute Gasteiger partial charge is 0.493 e. The number of nitrogens with zero attached hydrogens (tertiary/aromatic N) is 5. The van der Waals surface area contributed by atoms with E-state index >= 15 is 0 Å². The lowest BCUT2D eigenvalue weighted by Crippen LogP contribution is -2.41. The first kappa shape index (κ1) is 24.6. The van der Waals surface area contributed by atoms with Crippen LogP contribution in [-0.4, -0.2) is 53.0 Å². The molecular weight excluding hydrogens is 465 g/mol. The lowest BCUT2D eigenvalue weighted by atomic mass is 9.94. The summed E-state index contributed by atoms with van der Waals surface area (Å²) in [6, 6.07) is 6.57. The number of piperidine rings is 1. The van der Waals surface area contributed by atoms with Crippen LogP contribution >= 0.6 is 0 Å². The summed E-state index contributed by atoms with van der Waals surface area (Å²) in [5, 5.41) is 13.9. The number of rotatable bonds is 6. The van der Waals surface area contributed by atoms with Crippen LogP contribution in [0, 0.1) is 12.8 Å². The molecule has 9 nitrogen and oxygen atoms in total. The van der Waals surface area contributed by atoms with E-state index in [1.165, 1.54) is 6.07 Å². The zero-order valence-corrected chi connectivity index (χ0v) is 19.9. The zero-order chi connectivity index (χ0) is 25.3. The number of nitrogens with one attached hydrogen (secondary N) is 1. The predicted octanol–water partition coefficient (Wildman–Crippen LogP) is 3.56. The number of aromatic nitrogens is 4. The highest BCUT2D eigenvalue weighted by Crippen LogP contribution is 2.33. The molecule has 3 aromatic rings. The fraction of sp³-hybridized carbons (Fsp3) is 0.478. The summed E-state index contributed by atoms with van der Waals surface area (Å²) >= 11 is 0. The van der Waals surface area contributed by atoms with Crippen molar-refractivity contribution in [1.82, 2.24) is 25.1 Å². The van der Waals surface area contributed by atoms with Gasteiger partial charge < -0.3 is 19.7 Å². The Kier molecular flexibility index (Phi) is 6.73. The topological polar surface area (TPSA) is 93.9 Å². The third kappa shape index (κ3) is 4.96. The number of methoxy groups -OCH3 is 2. The van der Waals surface area contributed by atoms with Crippen LogP contribution in [-0.2, 0) is 11.0 Å². The van der Waals surface area contributed by atoms with E-state index in [9.17, 15) is 18.0 Å². The maximum absolute atomic E-state index is 13.2. The SMILES string of the molecule is COc1cc(C)c(C(C)NC(=O)C2CCN(c3ccc4nnc(C(F)(F)F)n4n3)CC2)cc1OC. The molecule has 0 aliphatic carbocycles. The van der Waals surface area contributed by atoms with Crippen molar-refractivity contribution in [2.24, 2.45) is 5.92 Å². The summed E-state index contributed by atoms with van der Waals surface area (Å²) in [5.74, 6) is 0.166. The fourth-order valence-electron chi connectivity index (χ4n) is 4.37. The molecule has 1 aliphatic rings. The molecule has 1 N–H and O–H groups in total. The number of fused-ring (bicyclic) bond motifs is 1. The van der Waals surface area contributed by atoms with Crippen molar-refractivity contribution in [3.63, 3.8) is 0 Å². The van der Waals surface area contributed by atoms with Crippen molar-refractivity contribution >= 4 is 17.4 Å². The maximum atomic E-state index is 13.2. The van der Waals surface area contributed by atoms with Gasteiger partial charge in [0.05, 0.1) is 20.3 Å². The molecule has 3 heterocycles. The van der Waals surface area contributed by atoms with E-state index in [0.717, 1.165) is 11.1 Å². The third-order valence-corrected chi connectivity index (χ3v) is 6.29. The zero-order valence-electron chi connectivity index (χ0n) is 19.9. The molecule has 1 unspecified atom stereocenters. The number of carbonyl (C=O) groups excluding carboxylic acids is 1. The smallest absolute Gasteiger partial charge is 0.453 e. The number of anilines is 1. The van der Waals surface area contributed by atoms with Crippen molar-refractivity contribution in [1.29, 1.82) is 0 Å². The first-order valence-electron chi connectivity index (χ1n) is 11.2. The van der Waals surface area contributed by atoms with Gasteiger partial charge in [0.1, 0.15) is 5.82 Å². The van der Waals surface area contributed by atoms with Gasteiger partial charge in [0.15, 0.2) is 17.1 Å². The number of halogens is 3. The van der Waals surface area contributed by atoms with Crippen molar-refractivity contribution in [3.05, 3.63) is 41.2 Å². The molecular formula is C23H27F3N6O3. The molecule has 1 amide bonds. The number of aryl methyl sites for hydroxylation is 1. The summed E-state index contributed by atoms with van der Waals surface area (Å²) in [6.45, 7) is 4.84. The van der Waals surface area contributed by atoms with Crippen LogP contribution in [0.2, 0.25) is 0 Å². The molecule has 1 fully saturated rings. The number of hydrogen-bond acceptors (Lipinski definition) is 7. The molecule has 1 aliphatic heterocycles. The monoisotopic (exact) mass is 492 g/mol. The Morgan fingerprint density at radius 1 is 1.11 bits per heavy atom. The summed E-state index contributed by atoms with van der Waals surface area (Å²) in [5.41, 5.74) is 1.93. The summed E-state index contributed by atoms with van der Waals surface area (Å²) < 4.78 is 50.9. The molecule has 0 spiro atoms. The minimum atomic E-state index is -4.65. The van der Waals surface area contributed by atoms with Gasteiger partial charge >= 0.3 is 6.18 Å². The summed E-state index contributed by atoms with van der Waals surface area (Å²) in [6.07, 6.45) is -3.55. The molecule has 4 rings (SSSR count). The van der Waals surface area contributed by atoms with Gasteiger partial charge in [0, 0.05) is 19.0 Å². The predicted molar refractivity (Wildman–Crippen MR) is 122 cm³/mol. The highest BCUT2D eigenvalue weighted by molar-refractivity contribution is 5.79. The normalized spacial score (nSPS) is 15.8. The van der Waals surface area contributed by atoms with E-state index in [4.69, 9.17) is 9.47 Å². The van der Waals surface area contributed by atoms with Gasteiger partial charge in [-0.3, -0.25) is 4.79 Å². The lowest BCUT2D eigenvalue weighted by molar-refractivity contribution is -0.146. The number of amides is 1. The highest BCUT2D eigenvalue weighted by atomic mass is 19.4. The van der Waals surface area contributed by atoms with E-state index < -0.39 is 12.0 Å². The van der Waals surface area contributed by atoms with Crippen molar-refractivity contribution < 1.29 is 27.4 Å². The van der Waals surface area contributed by atoms with Crippen molar-refractivity contribution in [3.8, 4) is 11.5 Å². The standard InChI is InChI=1S/C23H27F3N6O3/c1-13-11-17(34-3)18(35-4)12-16(13)14(2)27-21(33)15-7-9-31(10-8-15)20-6-5-19-28-29-22(23(24,25)26)32(19)30-20/h5-6,11-12,14-15H,7-10H2,1-4H3,(H,27,33). The van der Waals surface area contributed by atoms with E-state index in [2.05, 4.69) is 20.6 Å². The second-order valence-electron chi connectivity index (χ2n) is 8.54. The number of alkyl halides is 3. The van der Waals surface area contributed by atoms with E-state index in [0.29, 0.717) is 47.8 Å². The maximum Gasteiger partial charge on any atom is 0.453 e. The second-order valence-corrected chi connectivity index (χ2v) is 8.54. The van der Waals surface area contributed by atoms with Gasteiger partial charge in [-0.1, -0.05) is 0 Å². The Hall–Kier alpha value is -3.57. The fourth-order valence-corrected chi connectivity index (χ4v) is 4.37. The molecule has 35 heavy (non-hydrogen) atoms. The third-order valence-electron chi connectivity index (χ3n) is 6.29. The average Bonchev–Trinajstić information content (AvgIpc) is 3.27. The van der Waals surface area contributed by atoms with E-state index in [-0.39, 0.29) is 23.5 Å². The number of carbonyl (C=O) groups is 1. The highest BCUT2D eigenvalue weighted by Gasteiger charge is 2.38. The molecule has 0 radical (unpaired) electrons. The van der Waals surface area contributed by atoms with E-state index in [1.54, 1.807) is 20.3 Å². The Morgan fingerprint density at radius 2 is 1.77 bits per heavy atom. The summed E-state index contributed by atoms with van der Waals surface area (Å²) in [7, 11) is 3.14. The average molecular weight is 493 g/mol. The number of ether oxygens (including phenoxy) is 2. The van der Waals surface area contributed by atoms with Crippen molar-refractivity contribution in [2.45, 2.75) is 38.9 Å². The van der Waals surface area contributed by atoms with Gasteiger partial charge in [-0.25, -0.2) is 0 Å². The Bertz CT molecular complexity index is 1220. The van der Waals surface area contributed by atoms with Gasteiger partial charge in [-0.15, -0.1) is 15.3 Å². The van der Waals surface area contributed by atoms with Gasteiger partial charge in [-0.05, 0) is 62.1 Å². The van der Waals surface area contributed by atoms with Crippen LogP contribution in [0.15, 0.2) is 24.3 Å². The Morgan fingerprint density at radius 3 is 2.40 bits per heavy atom. The molecule has 0 bridgehead atoms. The molecule has 1 atom stereocenters. The second kappa shape index (κ2) is 9.59. The molecule has 0 saturated carbocycles. The van der Waals surface area contributed by atoms with Crippen LogP contribution in [0.3, 0.4) is 0 Å². The molecule has 188 valence electrons. The summed E-state index contributed by atoms with van der Waals surface area (Å²) in [4.78, 5) is 14.8. The molecule has 12 heteroatoms. The van der Waals surface area contributed by atoms with Gasteiger partial charge in [-0.2, -0.15) is 17.7 Å². The minimum absolute atomic E-state index is 0.0229. The Labute approximate surface area is 200 Å². The minimum Gasteiger partial charge on any atom is -0.493 e. The van der Waals surface area contributed by atoms with Crippen molar-refractivity contribution in [2.75, 3.05) is 32.2 Å². The number of benzene rings is 1. The molecule has 1 aromatic carbocycles. The van der Waals surface area contributed by atoms with Crippen LogP contribution < -0.4 is 19.7 Å². The first-order valence-corrected chi connectivity index (χ1v) is 11.2. The van der Waals surface area contributed by atoms with Crippen LogP contribution in [0.5, 0.6) is 11.5 Å². The van der Waals surface area contributed by atoms with Crippen LogP contribution in [0.1, 0.15) is 42.8 Å². The van der Waals surface area contributed by atoms with Crippen LogP contribution in [0.25, 0.3) is 5.65 Å². The molecule has 2 aromatic heterocycles. The molecule has 1 saturated heterocycles. The van der Waals surface area contributed by atoms with Gasteiger partial charge in [0.25, 0.3) is 5.82 Å². The van der Waals surface area contributed by atoms with E-state index in [1.807, 2.05) is 30.9 Å². The quantitative estimate of drug-likeness (QED) is 0.562. The Balaban J connectivity index is 1.40. The number of hydrogen-bond donors (Lipinski definition) is 1.